The lowest BCUT2D eigenvalue weighted by atomic mass is 10.2. The highest BCUT2D eigenvalue weighted by molar-refractivity contribution is 7.13. The number of aromatic nitrogens is 2. The normalized spacial score (nSPS) is 11.5. The van der Waals surface area contributed by atoms with Crippen LogP contribution in [0.4, 0.5) is 33.0 Å². The molecule has 35 heavy (non-hydrogen) atoms. The average molecular weight is 506 g/mol. The van der Waals surface area contributed by atoms with E-state index in [0.29, 0.717) is 5.13 Å². The topological polar surface area (TPSA) is 72.7 Å². The summed E-state index contributed by atoms with van der Waals surface area (Å²) in [4.78, 5) is 8.63. The van der Waals surface area contributed by atoms with Gasteiger partial charge in [-0.15, -0.1) is 21.6 Å². The summed E-state index contributed by atoms with van der Waals surface area (Å²) in [6.07, 6.45) is 4.79. The van der Waals surface area contributed by atoms with E-state index >= 15 is 0 Å². The van der Waals surface area contributed by atoms with E-state index in [-0.39, 0.29) is 0 Å². The Hall–Kier alpha value is -3.50. The fourth-order valence-electron chi connectivity index (χ4n) is 3.44. The Morgan fingerprint density at radius 1 is 0.771 bits per heavy atom. The van der Waals surface area contributed by atoms with Crippen molar-refractivity contribution >= 4 is 55.7 Å². The molecule has 2 aromatic heterocycles. The first kappa shape index (κ1) is 24.6. The van der Waals surface area contributed by atoms with Crippen LogP contribution < -0.4 is 14.4 Å². The van der Waals surface area contributed by atoms with Gasteiger partial charge in [-0.25, -0.2) is 9.55 Å². The molecule has 0 fully saturated rings. The van der Waals surface area contributed by atoms with Crippen LogP contribution in [0.1, 0.15) is 13.3 Å². The van der Waals surface area contributed by atoms with Gasteiger partial charge in [0, 0.05) is 55.5 Å². The van der Waals surface area contributed by atoms with E-state index in [2.05, 4.69) is 85.1 Å². The Balaban J connectivity index is 1.23. The number of nitrogens with zero attached hydrogens (tertiary/aromatic N) is 8. The quantitative estimate of drug-likeness (QED) is 0.158. The summed E-state index contributed by atoms with van der Waals surface area (Å²) >= 11 is 3.06. The van der Waals surface area contributed by atoms with Gasteiger partial charge in [0.2, 0.25) is 5.13 Å². The van der Waals surface area contributed by atoms with Gasteiger partial charge in [-0.1, -0.05) is 0 Å². The van der Waals surface area contributed by atoms with Gasteiger partial charge in [0.15, 0.2) is 0 Å². The second kappa shape index (κ2) is 12.3. The zero-order valence-corrected chi connectivity index (χ0v) is 21.8. The zero-order valence-electron chi connectivity index (χ0n) is 20.2. The van der Waals surface area contributed by atoms with Gasteiger partial charge in [0.25, 0.3) is 0 Å². The number of benzene rings is 2. The number of anilines is 2. The Bertz CT molecular complexity index is 1230. The number of hydrogen-bond donors (Lipinski definition) is 0. The highest BCUT2D eigenvalue weighted by Gasteiger charge is 2.10. The molecular weight excluding hydrogens is 476 g/mol. The van der Waals surface area contributed by atoms with Gasteiger partial charge >= 0.3 is 5.13 Å². The largest absolute Gasteiger partial charge is 0.408 e. The number of thiazole rings is 2. The van der Waals surface area contributed by atoms with Crippen molar-refractivity contribution in [3.05, 3.63) is 71.7 Å². The van der Waals surface area contributed by atoms with E-state index in [4.69, 9.17) is 0 Å². The van der Waals surface area contributed by atoms with Crippen LogP contribution in [0.3, 0.4) is 0 Å². The summed E-state index contributed by atoms with van der Waals surface area (Å²) in [5.74, 6) is 0. The molecule has 180 valence electrons. The second-order valence-electron chi connectivity index (χ2n) is 7.92. The molecule has 0 unspecified atom stereocenters. The molecule has 0 saturated carbocycles. The van der Waals surface area contributed by atoms with Crippen molar-refractivity contribution in [2.75, 3.05) is 37.0 Å². The molecule has 0 bridgehead atoms. The first-order valence-electron chi connectivity index (χ1n) is 11.4. The molecule has 0 aliphatic carbocycles. The average Bonchev–Trinajstić information content (AvgIpc) is 3.58. The van der Waals surface area contributed by atoms with Gasteiger partial charge < -0.3 is 9.80 Å². The van der Waals surface area contributed by atoms with Crippen LogP contribution in [-0.4, -0.2) is 32.2 Å². The Morgan fingerprint density at radius 2 is 1.37 bits per heavy atom. The van der Waals surface area contributed by atoms with E-state index < -0.39 is 0 Å². The number of azo groups is 2. The van der Waals surface area contributed by atoms with Crippen LogP contribution in [0, 0.1) is 0 Å². The number of hydrogen-bond acceptors (Lipinski definition) is 9. The first-order valence-corrected chi connectivity index (χ1v) is 13.2. The lowest BCUT2D eigenvalue weighted by Gasteiger charge is -2.23. The minimum absolute atomic E-state index is 0.664. The molecule has 0 spiro atoms. The highest BCUT2D eigenvalue weighted by Crippen LogP contribution is 2.24. The smallest absolute Gasteiger partial charge is 0.375 e. The fraction of sp³-hybridized carbons (Fsp3) is 0.280. The van der Waals surface area contributed by atoms with E-state index in [1.165, 1.54) is 17.0 Å². The van der Waals surface area contributed by atoms with Crippen molar-refractivity contribution in [2.24, 2.45) is 20.5 Å². The lowest BCUT2D eigenvalue weighted by Crippen LogP contribution is -2.28. The van der Waals surface area contributed by atoms with Crippen LogP contribution >= 0.6 is 22.7 Å². The molecule has 0 aliphatic rings. The summed E-state index contributed by atoms with van der Waals surface area (Å²) < 4.78 is 2.08. The van der Waals surface area contributed by atoms with Gasteiger partial charge in [0.05, 0.1) is 17.3 Å². The molecule has 2 aromatic carbocycles. The fourth-order valence-corrected chi connectivity index (χ4v) is 4.63. The predicted octanol–water partition coefficient (Wildman–Crippen LogP) is 7.31. The van der Waals surface area contributed by atoms with Crippen molar-refractivity contribution < 1.29 is 4.57 Å². The van der Waals surface area contributed by atoms with E-state index in [0.717, 1.165) is 48.2 Å². The molecule has 0 amide bonds. The molecule has 0 atom stereocenters. The van der Waals surface area contributed by atoms with Crippen molar-refractivity contribution in [1.82, 2.24) is 4.98 Å². The molecule has 2 heterocycles. The molecule has 0 radical (unpaired) electrons. The monoisotopic (exact) mass is 505 g/mol. The molecule has 10 heteroatoms. The Kier molecular flexibility index (Phi) is 8.63. The third-order valence-electron chi connectivity index (χ3n) is 5.49. The van der Waals surface area contributed by atoms with Crippen LogP contribution in [0.2, 0.25) is 0 Å². The van der Waals surface area contributed by atoms with Crippen molar-refractivity contribution in [2.45, 2.75) is 19.9 Å². The maximum Gasteiger partial charge on any atom is 0.408 e. The summed E-state index contributed by atoms with van der Waals surface area (Å²) in [7, 11) is 4.23. The van der Waals surface area contributed by atoms with Crippen molar-refractivity contribution in [3.8, 4) is 0 Å². The molecule has 0 N–H and O–H groups in total. The molecule has 4 rings (SSSR count). The molecule has 4 aromatic rings. The first-order chi connectivity index (χ1) is 17.1. The van der Waals surface area contributed by atoms with Crippen LogP contribution in [0.25, 0.3) is 0 Å². The summed E-state index contributed by atoms with van der Waals surface area (Å²) in [6.45, 7) is 4.90. The Morgan fingerprint density at radius 3 is 1.91 bits per heavy atom. The maximum atomic E-state index is 4.38. The van der Waals surface area contributed by atoms with E-state index in [1.54, 1.807) is 17.5 Å². The standard InChI is InChI=1S/C25H29N8S2/c1-4-33-17-19-35-25(33)30-28-21-8-12-23(13-9-21)32(3)16-5-15-31(2)22-10-6-20(7-11-22)27-29-24-26-14-18-34-24/h6-14,17-19H,4-5,15-16H2,1-3H3/q+1. The highest BCUT2D eigenvalue weighted by atomic mass is 32.1. The molecule has 8 nitrogen and oxygen atoms in total. The van der Waals surface area contributed by atoms with Gasteiger partial charge in [-0.3, -0.25) is 0 Å². The minimum atomic E-state index is 0.664. The number of aryl methyl sites for hydroxylation is 1. The zero-order chi connectivity index (χ0) is 24.5. The van der Waals surface area contributed by atoms with E-state index in [9.17, 15) is 0 Å². The van der Waals surface area contributed by atoms with Crippen LogP contribution in [0.5, 0.6) is 0 Å². The summed E-state index contributed by atoms with van der Waals surface area (Å²) in [5, 5.41) is 22.6. The summed E-state index contributed by atoms with van der Waals surface area (Å²) in [6, 6.07) is 16.3. The second-order valence-corrected chi connectivity index (χ2v) is 9.66. The van der Waals surface area contributed by atoms with Crippen molar-refractivity contribution in [3.63, 3.8) is 0 Å². The number of rotatable bonds is 11. The van der Waals surface area contributed by atoms with Gasteiger partial charge in [0.1, 0.15) is 11.9 Å². The molecule has 0 aliphatic heterocycles. The summed E-state index contributed by atoms with van der Waals surface area (Å²) in [5.41, 5.74) is 4.00. The van der Waals surface area contributed by atoms with E-state index in [1.807, 2.05) is 41.2 Å². The van der Waals surface area contributed by atoms with Crippen LogP contribution in [0.15, 0.2) is 92.1 Å². The van der Waals surface area contributed by atoms with Gasteiger partial charge in [-0.2, -0.15) is 0 Å². The van der Waals surface area contributed by atoms with Gasteiger partial charge in [-0.05, 0) is 78.3 Å². The predicted molar refractivity (Wildman–Crippen MR) is 145 cm³/mol. The maximum absolute atomic E-state index is 4.38. The molecule has 0 saturated heterocycles. The third-order valence-corrected chi connectivity index (χ3v) is 6.93. The van der Waals surface area contributed by atoms with Crippen molar-refractivity contribution in [1.29, 1.82) is 0 Å². The SMILES string of the molecule is CC[n+]1ccsc1N=Nc1ccc(N(C)CCCN(C)c2ccc(N=Nc3nccs3)cc2)cc1. The lowest BCUT2D eigenvalue weighted by molar-refractivity contribution is -0.676. The van der Waals surface area contributed by atoms with Crippen LogP contribution in [-0.2, 0) is 6.54 Å². The molecular formula is C25H29N8S2+. The third kappa shape index (κ3) is 7.00. The Labute approximate surface area is 214 Å². The minimum Gasteiger partial charge on any atom is -0.375 e.